The first-order valence-electron chi connectivity index (χ1n) is 6.34. The molecule has 0 aliphatic heterocycles. The van der Waals surface area contributed by atoms with Crippen molar-refractivity contribution in [2.75, 3.05) is 5.73 Å². The number of thioether (sulfide) groups is 1. The van der Waals surface area contributed by atoms with E-state index in [1.54, 1.807) is 17.8 Å². The van der Waals surface area contributed by atoms with Gasteiger partial charge in [0.25, 0.3) is 0 Å². The molecule has 0 fully saturated rings. The summed E-state index contributed by atoms with van der Waals surface area (Å²) in [7, 11) is 0. The number of benzene rings is 2. The smallest absolute Gasteiger partial charge is 0.238 e. The van der Waals surface area contributed by atoms with E-state index in [2.05, 4.69) is 5.43 Å². The largest absolute Gasteiger partial charge is 0.398 e. The van der Waals surface area contributed by atoms with E-state index in [0.717, 1.165) is 21.8 Å². The van der Waals surface area contributed by atoms with Gasteiger partial charge in [-0.05, 0) is 29.3 Å². The highest BCUT2D eigenvalue weighted by atomic mass is 35.5. The maximum atomic E-state index is 11.4. The molecule has 21 heavy (non-hydrogen) atoms. The summed E-state index contributed by atoms with van der Waals surface area (Å²) in [6.07, 6.45) is 0.267. The number of anilines is 1. The summed E-state index contributed by atoms with van der Waals surface area (Å²) in [5, 5.41) is 0.622. The van der Waals surface area contributed by atoms with Crippen molar-refractivity contribution in [1.82, 2.24) is 5.43 Å². The Hall–Kier alpha value is -1.69. The Kier molecular flexibility index (Phi) is 5.50. The highest BCUT2D eigenvalue weighted by Gasteiger charge is 2.08. The van der Waals surface area contributed by atoms with E-state index in [1.807, 2.05) is 36.4 Å². The Bertz CT molecular complexity index is 649. The lowest BCUT2D eigenvalue weighted by Crippen LogP contribution is -2.31. The first-order chi connectivity index (χ1) is 10.1. The lowest BCUT2D eigenvalue weighted by Gasteiger charge is -2.10. The van der Waals surface area contributed by atoms with Gasteiger partial charge in [-0.15, -0.1) is 11.8 Å². The van der Waals surface area contributed by atoms with E-state index < -0.39 is 0 Å². The molecule has 2 rings (SSSR count). The summed E-state index contributed by atoms with van der Waals surface area (Å²) in [6, 6.07) is 13.2. The molecular weight excluding hydrogens is 306 g/mol. The summed E-state index contributed by atoms with van der Waals surface area (Å²) in [5.41, 5.74) is 10.8. The van der Waals surface area contributed by atoms with Gasteiger partial charge in [0.2, 0.25) is 5.91 Å². The van der Waals surface area contributed by atoms with Crippen LogP contribution in [-0.2, 0) is 17.0 Å². The van der Waals surface area contributed by atoms with Crippen LogP contribution >= 0.6 is 23.4 Å². The minimum absolute atomic E-state index is 0.210. The summed E-state index contributed by atoms with van der Waals surface area (Å²) in [5.74, 6) is 5.65. The van der Waals surface area contributed by atoms with Crippen LogP contribution in [0.15, 0.2) is 47.4 Å². The van der Waals surface area contributed by atoms with Crippen molar-refractivity contribution in [3.8, 4) is 0 Å². The van der Waals surface area contributed by atoms with Crippen molar-refractivity contribution in [2.24, 2.45) is 5.84 Å². The van der Waals surface area contributed by atoms with Gasteiger partial charge in [0.15, 0.2) is 0 Å². The second-order valence-electron chi connectivity index (χ2n) is 4.48. The van der Waals surface area contributed by atoms with Gasteiger partial charge in [0.05, 0.1) is 6.42 Å². The molecule has 0 saturated heterocycles. The van der Waals surface area contributed by atoms with Gasteiger partial charge in [0, 0.05) is 21.4 Å². The van der Waals surface area contributed by atoms with Crippen LogP contribution in [0.2, 0.25) is 5.02 Å². The molecule has 0 bridgehead atoms. The zero-order chi connectivity index (χ0) is 15.2. The van der Waals surface area contributed by atoms with E-state index >= 15 is 0 Å². The maximum absolute atomic E-state index is 11.4. The first-order valence-corrected chi connectivity index (χ1v) is 7.70. The summed E-state index contributed by atoms with van der Waals surface area (Å²) < 4.78 is 0. The van der Waals surface area contributed by atoms with E-state index in [1.165, 1.54) is 0 Å². The van der Waals surface area contributed by atoms with E-state index in [0.29, 0.717) is 10.7 Å². The third kappa shape index (κ3) is 4.39. The molecule has 0 spiro atoms. The second-order valence-corrected chi connectivity index (χ2v) is 5.94. The lowest BCUT2D eigenvalue weighted by molar-refractivity contribution is -0.120. The van der Waals surface area contributed by atoms with Gasteiger partial charge < -0.3 is 5.73 Å². The molecule has 0 unspecified atom stereocenters. The number of nitrogens with one attached hydrogen (secondary N) is 1. The number of halogens is 1. The molecule has 0 heterocycles. The molecule has 2 aromatic carbocycles. The number of amides is 1. The van der Waals surface area contributed by atoms with Crippen molar-refractivity contribution >= 4 is 35.0 Å². The SMILES string of the molecule is NNC(=O)Cc1ccccc1CSc1ccc(Cl)cc1N. The predicted molar refractivity (Wildman–Crippen MR) is 87.9 cm³/mol. The topological polar surface area (TPSA) is 81.1 Å². The minimum Gasteiger partial charge on any atom is -0.398 e. The molecule has 0 aromatic heterocycles. The van der Waals surface area contributed by atoms with Gasteiger partial charge in [0.1, 0.15) is 0 Å². The molecule has 4 nitrogen and oxygen atoms in total. The van der Waals surface area contributed by atoms with Crippen molar-refractivity contribution in [3.63, 3.8) is 0 Å². The fourth-order valence-corrected chi connectivity index (χ4v) is 3.06. The number of hydrogen-bond donors (Lipinski definition) is 3. The number of carbonyl (C=O) groups excluding carboxylic acids is 1. The van der Waals surface area contributed by atoms with Crippen molar-refractivity contribution in [2.45, 2.75) is 17.1 Å². The number of nitrogen functional groups attached to an aromatic ring is 1. The molecule has 0 radical (unpaired) electrons. The molecule has 0 atom stereocenters. The van der Waals surface area contributed by atoms with E-state index in [-0.39, 0.29) is 12.3 Å². The number of carbonyl (C=O) groups is 1. The van der Waals surface area contributed by atoms with Crippen LogP contribution in [0, 0.1) is 0 Å². The molecule has 1 amide bonds. The molecule has 0 saturated carbocycles. The van der Waals surface area contributed by atoms with Crippen LogP contribution in [-0.4, -0.2) is 5.91 Å². The average Bonchev–Trinajstić information content (AvgIpc) is 2.47. The fourth-order valence-electron chi connectivity index (χ4n) is 1.90. The Morgan fingerprint density at radius 3 is 2.57 bits per heavy atom. The Morgan fingerprint density at radius 2 is 1.90 bits per heavy atom. The highest BCUT2D eigenvalue weighted by molar-refractivity contribution is 7.98. The number of hydrazine groups is 1. The average molecular weight is 322 g/mol. The zero-order valence-corrected chi connectivity index (χ0v) is 12.9. The van der Waals surface area contributed by atoms with Crippen LogP contribution in [0.25, 0.3) is 0 Å². The molecule has 110 valence electrons. The van der Waals surface area contributed by atoms with Crippen LogP contribution in [0.5, 0.6) is 0 Å². The van der Waals surface area contributed by atoms with Crippen LogP contribution < -0.4 is 17.0 Å². The van der Waals surface area contributed by atoms with Gasteiger partial charge in [-0.25, -0.2) is 5.84 Å². The highest BCUT2D eigenvalue weighted by Crippen LogP contribution is 2.31. The predicted octanol–water partition coefficient (Wildman–Crippen LogP) is 2.75. The molecule has 0 aliphatic rings. The fraction of sp³-hybridized carbons (Fsp3) is 0.133. The molecular formula is C15H16ClN3OS. The van der Waals surface area contributed by atoms with Crippen molar-refractivity contribution < 1.29 is 4.79 Å². The van der Waals surface area contributed by atoms with Crippen LogP contribution in [0.4, 0.5) is 5.69 Å². The summed E-state index contributed by atoms with van der Waals surface area (Å²) >= 11 is 7.50. The van der Waals surface area contributed by atoms with Gasteiger partial charge >= 0.3 is 0 Å². The van der Waals surface area contributed by atoms with Gasteiger partial charge in [-0.1, -0.05) is 35.9 Å². The van der Waals surface area contributed by atoms with Crippen LogP contribution in [0.1, 0.15) is 11.1 Å². The Morgan fingerprint density at radius 1 is 1.19 bits per heavy atom. The van der Waals surface area contributed by atoms with E-state index in [4.69, 9.17) is 23.2 Å². The van der Waals surface area contributed by atoms with Crippen molar-refractivity contribution in [1.29, 1.82) is 0 Å². The number of hydrogen-bond acceptors (Lipinski definition) is 4. The van der Waals surface area contributed by atoms with Gasteiger partial charge in [-0.2, -0.15) is 0 Å². The third-order valence-corrected chi connectivity index (χ3v) is 4.36. The molecule has 6 heteroatoms. The quantitative estimate of drug-likeness (QED) is 0.260. The minimum atomic E-state index is -0.210. The van der Waals surface area contributed by atoms with Crippen molar-refractivity contribution in [3.05, 3.63) is 58.6 Å². The lowest BCUT2D eigenvalue weighted by atomic mass is 10.1. The van der Waals surface area contributed by atoms with Gasteiger partial charge in [-0.3, -0.25) is 10.2 Å². The number of nitrogens with two attached hydrogens (primary N) is 2. The Labute approximate surface area is 132 Å². The molecule has 0 aliphatic carbocycles. The summed E-state index contributed by atoms with van der Waals surface area (Å²) in [6.45, 7) is 0. The van der Waals surface area contributed by atoms with E-state index in [9.17, 15) is 4.79 Å². The standard InChI is InChI=1S/C15H16ClN3OS/c16-12-5-6-14(13(17)8-12)21-9-11-4-2-1-3-10(11)7-15(20)19-18/h1-6,8H,7,9,17-18H2,(H,19,20). The molecule has 2 aromatic rings. The summed E-state index contributed by atoms with van der Waals surface area (Å²) in [4.78, 5) is 12.4. The monoisotopic (exact) mass is 321 g/mol. The first kappa shape index (κ1) is 15.7. The zero-order valence-electron chi connectivity index (χ0n) is 11.3. The normalized spacial score (nSPS) is 10.4. The molecule has 5 N–H and O–H groups in total. The number of rotatable bonds is 5. The maximum Gasteiger partial charge on any atom is 0.238 e. The Balaban J connectivity index is 2.11. The second kappa shape index (κ2) is 7.36. The van der Waals surface area contributed by atoms with Crippen LogP contribution in [0.3, 0.4) is 0 Å². The third-order valence-electron chi connectivity index (χ3n) is 2.99.